The van der Waals surface area contributed by atoms with Gasteiger partial charge in [-0.25, -0.2) is 0 Å². The first-order valence-corrected chi connectivity index (χ1v) is 10.8. The van der Waals surface area contributed by atoms with Gasteiger partial charge in [-0.1, -0.05) is 18.9 Å². The Morgan fingerprint density at radius 2 is 2.14 bits per heavy atom. The van der Waals surface area contributed by atoms with E-state index >= 15 is 0 Å². The van der Waals surface area contributed by atoms with Crippen molar-refractivity contribution in [2.45, 2.75) is 56.7 Å². The van der Waals surface area contributed by atoms with Crippen LogP contribution in [0.25, 0.3) is 0 Å². The number of carbonyl (C=O) groups is 1. The number of nitrogens with zero attached hydrogens (tertiary/aromatic N) is 3. The van der Waals surface area contributed by atoms with E-state index in [9.17, 15) is 4.79 Å². The molecule has 3 heterocycles. The van der Waals surface area contributed by atoms with Gasteiger partial charge in [-0.3, -0.25) is 9.78 Å². The van der Waals surface area contributed by atoms with Gasteiger partial charge in [0.05, 0.1) is 24.9 Å². The number of hydrogen-bond acceptors (Lipinski definition) is 4. The zero-order valence-electron chi connectivity index (χ0n) is 16.8. The van der Waals surface area contributed by atoms with Crippen molar-refractivity contribution < 1.29 is 9.53 Å². The van der Waals surface area contributed by atoms with Crippen LogP contribution in [0.15, 0.2) is 42.9 Å². The van der Waals surface area contributed by atoms with Crippen LogP contribution in [0.5, 0.6) is 0 Å². The van der Waals surface area contributed by atoms with Crippen LogP contribution in [0, 0.1) is 0 Å². The van der Waals surface area contributed by atoms with Crippen molar-refractivity contribution in [2.24, 2.45) is 0 Å². The van der Waals surface area contributed by atoms with E-state index in [1.165, 1.54) is 38.4 Å². The highest BCUT2D eigenvalue weighted by Gasteiger charge is 2.40. The Kier molecular flexibility index (Phi) is 6.13. The Balaban J connectivity index is 1.59. The number of nitrogens with one attached hydrogen (secondary N) is 1. The fraction of sp³-hybridized carbons (Fsp3) is 0.500. The van der Waals surface area contributed by atoms with Crippen molar-refractivity contribution in [1.29, 1.82) is 0 Å². The lowest BCUT2D eigenvalue weighted by Gasteiger charge is -2.27. The molecule has 1 saturated heterocycles. The second-order valence-electron chi connectivity index (χ2n) is 7.83. The lowest BCUT2D eigenvalue weighted by Crippen LogP contribution is -2.30. The minimum absolute atomic E-state index is 0.0127. The number of carbonyl (C=O) groups excluding carboxylic acids is 1. The van der Waals surface area contributed by atoms with Gasteiger partial charge >= 0.3 is 5.97 Å². The van der Waals surface area contributed by atoms with Gasteiger partial charge in [0.2, 0.25) is 0 Å². The smallest absolute Gasteiger partial charge is 0.305 e. The highest BCUT2D eigenvalue weighted by Crippen LogP contribution is 2.40. The van der Waals surface area contributed by atoms with E-state index < -0.39 is 0 Å². The molecule has 0 bridgehead atoms. The van der Waals surface area contributed by atoms with E-state index in [4.69, 9.17) is 17.0 Å². The average Bonchev–Trinajstić information content (AvgIpc) is 3.48. The number of methoxy groups -OCH3 is 1. The van der Waals surface area contributed by atoms with Gasteiger partial charge in [0.25, 0.3) is 0 Å². The largest absolute Gasteiger partial charge is 0.469 e. The molecule has 0 aromatic carbocycles. The zero-order chi connectivity index (χ0) is 20.2. The average molecular weight is 413 g/mol. The maximum absolute atomic E-state index is 11.6. The maximum Gasteiger partial charge on any atom is 0.305 e. The summed E-state index contributed by atoms with van der Waals surface area (Å²) in [6.45, 7) is 0.698. The third-order valence-corrected chi connectivity index (χ3v) is 6.38. The van der Waals surface area contributed by atoms with Crippen LogP contribution < -0.4 is 5.32 Å². The molecule has 2 aliphatic rings. The first-order valence-electron chi connectivity index (χ1n) is 10.4. The lowest BCUT2D eigenvalue weighted by atomic mass is 9.99. The van der Waals surface area contributed by atoms with Crippen molar-refractivity contribution in [3.05, 3.63) is 54.1 Å². The van der Waals surface area contributed by atoms with E-state index in [-0.39, 0.29) is 18.1 Å². The van der Waals surface area contributed by atoms with Crippen LogP contribution in [0.2, 0.25) is 0 Å². The third kappa shape index (κ3) is 4.29. The highest BCUT2D eigenvalue weighted by molar-refractivity contribution is 7.80. The zero-order valence-corrected chi connectivity index (χ0v) is 17.6. The molecule has 1 saturated carbocycles. The first kappa shape index (κ1) is 19.9. The molecule has 2 aromatic heterocycles. The van der Waals surface area contributed by atoms with Gasteiger partial charge in [0, 0.05) is 37.6 Å². The molecule has 1 N–H and O–H groups in total. The van der Waals surface area contributed by atoms with E-state index in [2.05, 4.69) is 38.2 Å². The fourth-order valence-corrected chi connectivity index (χ4v) is 4.87. The molecule has 7 heteroatoms. The first-order chi connectivity index (χ1) is 14.2. The molecule has 4 rings (SSSR count). The molecule has 2 aromatic rings. The fourth-order valence-electron chi connectivity index (χ4n) is 4.54. The van der Waals surface area contributed by atoms with Gasteiger partial charge in [-0.15, -0.1) is 0 Å². The number of pyridine rings is 1. The Hall–Kier alpha value is -2.41. The topological polar surface area (TPSA) is 59.4 Å². The molecular weight excluding hydrogens is 384 g/mol. The second kappa shape index (κ2) is 8.95. The lowest BCUT2D eigenvalue weighted by molar-refractivity contribution is -0.140. The minimum atomic E-state index is -0.187. The van der Waals surface area contributed by atoms with Gasteiger partial charge in [-0.05, 0) is 55.2 Å². The summed E-state index contributed by atoms with van der Waals surface area (Å²) < 4.78 is 7.15. The summed E-state index contributed by atoms with van der Waals surface area (Å²) in [7, 11) is 1.43. The van der Waals surface area contributed by atoms with Crippen LogP contribution in [0.3, 0.4) is 0 Å². The Morgan fingerprint density at radius 3 is 2.86 bits per heavy atom. The van der Waals surface area contributed by atoms with Crippen LogP contribution in [-0.2, 0) is 9.53 Å². The van der Waals surface area contributed by atoms with E-state index in [0.717, 1.165) is 5.69 Å². The van der Waals surface area contributed by atoms with Crippen molar-refractivity contribution in [1.82, 2.24) is 19.8 Å². The number of thiocarbonyl (C=S) groups is 1. The molecule has 0 unspecified atom stereocenters. The molecule has 0 spiro atoms. The van der Waals surface area contributed by atoms with Gasteiger partial charge in [0.15, 0.2) is 5.11 Å². The predicted molar refractivity (Wildman–Crippen MR) is 115 cm³/mol. The van der Waals surface area contributed by atoms with Gasteiger partial charge < -0.3 is 19.5 Å². The molecule has 2 fully saturated rings. The molecule has 154 valence electrons. The SMILES string of the molecule is COC(=O)CCCN1C(=S)N[C@@H](c2ccccn2)[C@@H]1c1ccn(C2CCCC2)c1. The second-order valence-corrected chi connectivity index (χ2v) is 8.22. The van der Waals surface area contributed by atoms with Crippen LogP contribution in [0.4, 0.5) is 0 Å². The summed E-state index contributed by atoms with van der Waals surface area (Å²) in [4.78, 5) is 18.3. The summed E-state index contributed by atoms with van der Waals surface area (Å²) in [6.07, 6.45) is 12.5. The number of rotatable bonds is 7. The Labute approximate surface area is 177 Å². The number of aromatic nitrogens is 2. The minimum Gasteiger partial charge on any atom is -0.469 e. The molecule has 0 radical (unpaired) electrons. The van der Waals surface area contributed by atoms with Crippen molar-refractivity contribution in [2.75, 3.05) is 13.7 Å². The van der Waals surface area contributed by atoms with Crippen molar-refractivity contribution in [3.63, 3.8) is 0 Å². The molecule has 2 atom stereocenters. The monoisotopic (exact) mass is 412 g/mol. The van der Waals surface area contributed by atoms with Gasteiger partial charge in [-0.2, -0.15) is 0 Å². The number of esters is 1. The van der Waals surface area contributed by atoms with E-state index in [1.54, 1.807) is 0 Å². The summed E-state index contributed by atoms with van der Waals surface area (Å²) in [5.74, 6) is -0.187. The molecule has 29 heavy (non-hydrogen) atoms. The van der Waals surface area contributed by atoms with E-state index in [0.29, 0.717) is 30.5 Å². The van der Waals surface area contributed by atoms with Crippen molar-refractivity contribution in [3.8, 4) is 0 Å². The summed E-state index contributed by atoms with van der Waals surface area (Å²) in [5, 5.41) is 4.18. The summed E-state index contributed by atoms with van der Waals surface area (Å²) in [5.41, 5.74) is 2.21. The number of ether oxygens (including phenoxy) is 1. The standard InChI is InChI=1S/C22H28N4O2S/c1-28-19(27)10-6-13-26-21(16-11-14-25(15-16)17-7-2-3-8-17)20(24-22(26)29)18-9-4-5-12-23-18/h4-5,9,11-12,14-15,17,20-21H,2-3,6-8,10,13H2,1H3,(H,24,29)/t20-,21-/m0/s1. The van der Waals surface area contributed by atoms with Crippen LogP contribution in [0.1, 0.15) is 67.9 Å². The van der Waals surface area contributed by atoms with Crippen LogP contribution in [-0.4, -0.2) is 39.2 Å². The predicted octanol–water partition coefficient (Wildman–Crippen LogP) is 3.92. The summed E-state index contributed by atoms with van der Waals surface area (Å²) in [6, 6.07) is 8.83. The molecule has 1 aliphatic carbocycles. The quantitative estimate of drug-likeness (QED) is 0.549. The van der Waals surface area contributed by atoms with Crippen molar-refractivity contribution >= 4 is 23.3 Å². The molecule has 0 amide bonds. The van der Waals surface area contributed by atoms with Crippen LogP contribution >= 0.6 is 12.2 Å². The normalized spacial score (nSPS) is 22.1. The molecule has 1 aliphatic heterocycles. The Bertz CT molecular complexity index is 848. The maximum atomic E-state index is 11.6. The van der Waals surface area contributed by atoms with Gasteiger partial charge in [0.1, 0.15) is 0 Å². The molecule has 6 nitrogen and oxygen atoms in total. The summed E-state index contributed by atoms with van der Waals surface area (Å²) >= 11 is 5.68. The third-order valence-electron chi connectivity index (χ3n) is 6.03. The molecular formula is C22H28N4O2S. The number of hydrogen-bond donors (Lipinski definition) is 1. The van der Waals surface area contributed by atoms with E-state index in [1.807, 2.05) is 24.4 Å². The Morgan fingerprint density at radius 1 is 1.31 bits per heavy atom. The highest BCUT2D eigenvalue weighted by atomic mass is 32.1.